The molecule has 0 bridgehead atoms. The number of carbonyl (C=O) groups excluding carboxylic acids is 2. The van der Waals surface area contributed by atoms with Crippen molar-refractivity contribution in [3.05, 3.63) is 35.4 Å². The van der Waals surface area contributed by atoms with E-state index in [1.165, 1.54) is 0 Å². The SMILES string of the molecule is CCOC(=O)NC1OC(=O)c2ccccc21. The van der Waals surface area contributed by atoms with Crippen LogP contribution in [0.1, 0.15) is 29.1 Å². The summed E-state index contributed by atoms with van der Waals surface area (Å²) < 4.78 is 9.71. The number of alkyl carbamates (subject to hydrolysis) is 1. The van der Waals surface area contributed by atoms with Crippen LogP contribution in [0.5, 0.6) is 0 Å². The molecule has 0 saturated heterocycles. The lowest BCUT2D eigenvalue weighted by Crippen LogP contribution is -2.29. The smallest absolute Gasteiger partial charge is 0.410 e. The molecule has 1 unspecified atom stereocenters. The molecule has 1 atom stereocenters. The second kappa shape index (κ2) is 4.22. The molecule has 16 heavy (non-hydrogen) atoms. The molecule has 1 aromatic rings. The maximum Gasteiger partial charge on any atom is 0.410 e. The zero-order valence-electron chi connectivity index (χ0n) is 8.73. The third kappa shape index (κ3) is 1.84. The summed E-state index contributed by atoms with van der Waals surface area (Å²) in [5.41, 5.74) is 1.13. The summed E-state index contributed by atoms with van der Waals surface area (Å²) in [5, 5.41) is 2.46. The highest BCUT2D eigenvalue weighted by molar-refractivity contribution is 5.94. The van der Waals surface area contributed by atoms with E-state index < -0.39 is 18.3 Å². The Morgan fingerprint density at radius 2 is 2.25 bits per heavy atom. The first-order chi connectivity index (χ1) is 7.72. The molecule has 0 aromatic heterocycles. The van der Waals surface area contributed by atoms with Crippen LogP contribution in [0.3, 0.4) is 0 Å². The van der Waals surface area contributed by atoms with Crippen LogP contribution in [-0.2, 0) is 9.47 Å². The minimum atomic E-state index is -0.747. The Hall–Kier alpha value is -2.04. The Morgan fingerprint density at radius 1 is 1.50 bits per heavy atom. The van der Waals surface area contributed by atoms with Crippen LogP contribution in [0.25, 0.3) is 0 Å². The average molecular weight is 221 g/mol. The van der Waals surface area contributed by atoms with E-state index in [1.807, 2.05) is 0 Å². The number of ether oxygens (including phenoxy) is 2. The number of benzene rings is 1. The maximum atomic E-state index is 11.4. The van der Waals surface area contributed by atoms with Crippen molar-refractivity contribution in [3.63, 3.8) is 0 Å². The molecule has 0 aliphatic carbocycles. The summed E-state index contributed by atoms with van der Waals surface area (Å²) in [6.07, 6.45) is -1.35. The first-order valence-corrected chi connectivity index (χ1v) is 4.95. The van der Waals surface area contributed by atoms with E-state index in [-0.39, 0.29) is 6.61 Å². The predicted molar refractivity (Wildman–Crippen MR) is 54.8 cm³/mol. The lowest BCUT2D eigenvalue weighted by molar-refractivity contribution is 0.0299. The molecule has 1 aliphatic rings. The topological polar surface area (TPSA) is 64.6 Å². The largest absolute Gasteiger partial charge is 0.450 e. The van der Waals surface area contributed by atoms with Crippen LogP contribution in [0.15, 0.2) is 24.3 Å². The summed E-state index contributed by atoms with van der Waals surface area (Å²) >= 11 is 0. The summed E-state index contributed by atoms with van der Waals surface area (Å²) in [4.78, 5) is 22.6. The third-order valence-electron chi connectivity index (χ3n) is 2.21. The first-order valence-electron chi connectivity index (χ1n) is 4.95. The number of rotatable bonds is 2. The van der Waals surface area contributed by atoms with Gasteiger partial charge in [0.05, 0.1) is 12.2 Å². The molecule has 1 aromatic carbocycles. The second-order valence-electron chi connectivity index (χ2n) is 3.24. The van der Waals surface area contributed by atoms with Crippen molar-refractivity contribution in [2.75, 3.05) is 6.61 Å². The molecule has 1 heterocycles. The molecular weight excluding hydrogens is 210 g/mol. The van der Waals surface area contributed by atoms with Gasteiger partial charge in [0.1, 0.15) is 0 Å². The first kappa shape index (κ1) is 10.5. The van der Waals surface area contributed by atoms with Gasteiger partial charge in [-0.2, -0.15) is 0 Å². The van der Waals surface area contributed by atoms with Crippen LogP contribution in [0, 0.1) is 0 Å². The fraction of sp³-hybridized carbons (Fsp3) is 0.273. The van der Waals surface area contributed by atoms with Gasteiger partial charge in [0.15, 0.2) is 0 Å². The normalized spacial score (nSPS) is 17.6. The lowest BCUT2D eigenvalue weighted by Gasteiger charge is -2.12. The quantitative estimate of drug-likeness (QED) is 0.770. The Kier molecular flexibility index (Phi) is 2.76. The van der Waals surface area contributed by atoms with Gasteiger partial charge >= 0.3 is 12.1 Å². The van der Waals surface area contributed by atoms with Gasteiger partial charge in [-0.25, -0.2) is 9.59 Å². The number of cyclic esters (lactones) is 1. The molecule has 0 fully saturated rings. The van der Waals surface area contributed by atoms with E-state index in [0.717, 1.165) is 0 Å². The monoisotopic (exact) mass is 221 g/mol. The summed E-state index contributed by atoms with van der Waals surface area (Å²) in [7, 11) is 0. The van der Waals surface area contributed by atoms with E-state index in [1.54, 1.807) is 31.2 Å². The summed E-state index contributed by atoms with van der Waals surface area (Å²) in [5.74, 6) is -0.433. The molecular formula is C11H11NO4. The molecule has 1 aliphatic heterocycles. The predicted octanol–water partition coefficient (Wildman–Crippen LogP) is 1.60. The van der Waals surface area contributed by atoms with Crippen LogP contribution in [0.2, 0.25) is 0 Å². The van der Waals surface area contributed by atoms with E-state index in [4.69, 9.17) is 9.47 Å². The Labute approximate surface area is 92.4 Å². The van der Waals surface area contributed by atoms with Gasteiger partial charge in [-0.3, -0.25) is 5.32 Å². The van der Waals surface area contributed by atoms with E-state index >= 15 is 0 Å². The zero-order valence-corrected chi connectivity index (χ0v) is 8.73. The highest BCUT2D eigenvalue weighted by Gasteiger charge is 2.31. The van der Waals surface area contributed by atoms with Crippen molar-refractivity contribution >= 4 is 12.1 Å². The molecule has 84 valence electrons. The molecule has 1 N–H and O–H groups in total. The Morgan fingerprint density at radius 3 is 3.00 bits per heavy atom. The molecule has 5 heteroatoms. The molecule has 5 nitrogen and oxygen atoms in total. The lowest BCUT2D eigenvalue weighted by atomic mass is 10.1. The van der Waals surface area contributed by atoms with Crippen molar-refractivity contribution in [1.82, 2.24) is 5.32 Å². The average Bonchev–Trinajstić information content (AvgIpc) is 2.57. The van der Waals surface area contributed by atoms with Gasteiger partial charge in [-0.1, -0.05) is 18.2 Å². The highest BCUT2D eigenvalue weighted by atomic mass is 16.6. The van der Waals surface area contributed by atoms with Gasteiger partial charge in [0.2, 0.25) is 6.23 Å². The van der Waals surface area contributed by atoms with Crippen LogP contribution >= 0.6 is 0 Å². The van der Waals surface area contributed by atoms with Gasteiger partial charge in [0, 0.05) is 5.56 Å². The highest BCUT2D eigenvalue weighted by Crippen LogP contribution is 2.28. The number of hydrogen-bond acceptors (Lipinski definition) is 4. The minimum absolute atomic E-state index is 0.272. The summed E-state index contributed by atoms with van der Waals surface area (Å²) in [6.45, 7) is 1.97. The van der Waals surface area contributed by atoms with Crippen LogP contribution in [-0.4, -0.2) is 18.7 Å². The molecule has 0 spiro atoms. The number of amides is 1. The molecule has 1 amide bonds. The second-order valence-corrected chi connectivity index (χ2v) is 3.24. The van der Waals surface area contributed by atoms with Gasteiger partial charge in [0.25, 0.3) is 0 Å². The van der Waals surface area contributed by atoms with Crippen LogP contribution in [0.4, 0.5) is 4.79 Å². The number of hydrogen-bond donors (Lipinski definition) is 1. The van der Waals surface area contributed by atoms with E-state index in [9.17, 15) is 9.59 Å². The molecule has 0 radical (unpaired) electrons. The van der Waals surface area contributed by atoms with Crippen molar-refractivity contribution in [2.45, 2.75) is 13.2 Å². The molecule has 2 rings (SSSR count). The number of esters is 1. The van der Waals surface area contributed by atoms with Crippen molar-refractivity contribution < 1.29 is 19.1 Å². The van der Waals surface area contributed by atoms with Crippen molar-refractivity contribution in [1.29, 1.82) is 0 Å². The number of fused-ring (bicyclic) bond motifs is 1. The fourth-order valence-corrected chi connectivity index (χ4v) is 1.53. The fourth-order valence-electron chi connectivity index (χ4n) is 1.53. The zero-order chi connectivity index (χ0) is 11.5. The maximum absolute atomic E-state index is 11.4. The third-order valence-corrected chi connectivity index (χ3v) is 2.21. The standard InChI is InChI=1S/C11H11NO4/c1-2-15-11(14)12-9-7-5-3-4-6-8(7)10(13)16-9/h3-6,9H,2H2,1H3,(H,12,14). The Balaban J connectivity index is 2.15. The van der Waals surface area contributed by atoms with Gasteiger partial charge in [-0.05, 0) is 13.0 Å². The van der Waals surface area contributed by atoms with Crippen molar-refractivity contribution in [3.8, 4) is 0 Å². The number of carbonyl (C=O) groups is 2. The van der Waals surface area contributed by atoms with Gasteiger partial charge in [-0.15, -0.1) is 0 Å². The van der Waals surface area contributed by atoms with Crippen molar-refractivity contribution in [2.24, 2.45) is 0 Å². The minimum Gasteiger partial charge on any atom is -0.450 e. The van der Waals surface area contributed by atoms with E-state index in [0.29, 0.717) is 11.1 Å². The Bertz CT molecular complexity index is 430. The molecule has 0 saturated carbocycles. The van der Waals surface area contributed by atoms with Crippen LogP contribution < -0.4 is 5.32 Å². The van der Waals surface area contributed by atoms with E-state index in [2.05, 4.69) is 5.32 Å². The van der Waals surface area contributed by atoms with Gasteiger partial charge < -0.3 is 9.47 Å². The number of nitrogens with one attached hydrogen (secondary N) is 1. The summed E-state index contributed by atoms with van der Waals surface area (Å²) in [6, 6.07) is 6.91.